The van der Waals surface area contributed by atoms with Crippen LogP contribution < -0.4 is 10.6 Å². The number of aliphatic carboxylic acids is 1. The molecule has 0 saturated carbocycles. The SMILES string of the molecule is CCC[C@H](NC(=O)[C@@H]1OCC[C@@H]1NC(=O)OCC1c2ccccc2-c2ccccc21)C(=O)O. The van der Waals surface area contributed by atoms with Gasteiger partial charge in [0.05, 0.1) is 6.04 Å². The van der Waals surface area contributed by atoms with E-state index in [4.69, 9.17) is 9.47 Å². The van der Waals surface area contributed by atoms with Gasteiger partial charge in [-0.05, 0) is 35.1 Å². The minimum absolute atomic E-state index is 0.0626. The van der Waals surface area contributed by atoms with Gasteiger partial charge in [0.25, 0.3) is 5.91 Å². The standard InChI is InChI=1S/C25H28N2O6/c1-2-7-21(24(29)30)26-23(28)22-20(12-13-32-22)27-25(31)33-14-19-17-10-5-3-8-15(17)16-9-4-6-11-18(16)19/h3-6,8-11,19-22H,2,7,12-14H2,1H3,(H,26,28)(H,27,31)(H,29,30)/t20-,21-,22+/m0/s1. The zero-order valence-electron chi connectivity index (χ0n) is 18.5. The van der Waals surface area contributed by atoms with Crippen molar-refractivity contribution in [2.24, 2.45) is 0 Å². The molecule has 174 valence electrons. The number of benzene rings is 2. The summed E-state index contributed by atoms with van der Waals surface area (Å²) < 4.78 is 11.0. The van der Waals surface area contributed by atoms with Crippen molar-refractivity contribution in [3.63, 3.8) is 0 Å². The Morgan fingerprint density at radius 2 is 1.73 bits per heavy atom. The molecule has 1 saturated heterocycles. The van der Waals surface area contributed by atoms with E-state index < -0.39 is 36.2 Å². The van der Waals surface area contributed by atoms with E-state index in [0.29, 0.717) is 19.3 Å². The first-order chi connectivity index (χ1) is 16.0. The summed E-state index contributed by atoms with van der Waals surface area (Å²) >= 11 is 0. The van der Waals surface area contributed by atoms with Crippen molar-refractivity contribution >= 4 is 18.0 Å². The van der Waals surface area contributed by atoms with Gasteiger partial charge in [-0.25, -0.2) is 9.59 Å². The zero-order valence-corrected chi connectivity index (χ0v) is 18.5. The van der Waals surface area contributed by atoms with Gasteiger partial charge in [0.15, 0.2) is 6.10 Å². The second-order valence-electron chi connectivity index (χ2n) is 8.34. The number of carbonyl (C=O) groups is 3. The van der Waals surface area contributed by atoms with Crippen LogP contribution in [0.2, 0.25) is 0 Å². The van der Waals surface area contributed by atoms with Crippen LogP contribution in [0.15, 0.2) is 48.5 Å². The highest BCUT2D eigenvalue weighted by atomic mass is 16.6. The topological polar surface area (TPSA) is 114 Å². The summed E-state index contributed by atoms with van der Waals surface area (Å²) in [4.78, 5) is 36.5. The summed E-state index contributed by atoms with van der Waals surface area (Å²) in [6.45, 7) is 2.30. The normalized spacial score (nSPS) is 19.9. The fraction of sp³-hybridized carbons (Fsp3) is 0.400. The molecule has 1 heterocycles. The van der Waals surface area contributed by atoms with Crippen LogP contribution in [0.4, 0.5) is 4.79 Å². The summed E-state index contributed by atoms with van der Waals surface area (Å²) in [5, 5.41) is 14.5. The van der Waals surface area contributed by atoms with E-state index >= 15 is 0 Å². The molecule has 1 fully saturated rings. The summed E-state index contributed by atoms with van der Waals surface area (Å²) in [6, 6.07) is 14.6. The smallest absolute Gasteiger partial charge is 0.407 e. The Bertz CT molecular complexity index is 994. The second kappa shape index (κ2) is 10.0. The molecule has 2 aromatic carbocycles. The van der Waals surface area contributed by atoms with Crippen LogP contribution in [0, 0.1) is 0 Å². The zero-order chi connectivity index (χ0) is 23.4. The van der Waals surface area contributed by atoms with Crippen molar-refractivity contribution < 1.29 is 29.0 Å². The molecule has 0 spiro atoms. The molecule has 1 aliphatic heterocycles. The van der Waals surface area contributed by atoms with Crippen molar-refractivity contribution in [3.8, 4) is 11.1 Å². The average molecular weight is 453 g/mol. The predicted molar refractivity (Wildman–Crippen MR) is 121 cm³/mol. The van der Waals surface area contributed by atoms with Gasteiger partial charge in [0.1, 0.15) is 12.6 Å². The molecule has 33 heavy (non-hydrogen) atoms. The van der Waals surface area contributed by atoms with E-state index in [2.05, 4.69) is 22.8 Å². The van der Waals surface area contributed by atoms with Crippen molar-refractivity contribution in [1.82, 2.24) is 10.6 Å². The van der Waals surface area contributed by atoms with Crippen LogP contribution in [0.3, 0.4) is 0 Å². The lowest BCUT2D eigenvalue weighted by atomic mass is 9.98. The fourth-order valence-electron chi connectivity index (χ4n) is 4.59. The van der Waals surface area contributed by atoms with Crippen molar-refractivity contribution in [2.75, 3.05) is 13.2 Å². The molecular formula is C25H28N2O6. The van der Waals surface area contributed by atoms with E-state index in [9.17, 15) is 19.5 Å². The largest absolute Gasteiger partial charge is 0.480 e. The first kappa shape index (κ1) is 22.8. The van der Waals surface area contributed by atoms with Crippen LogP contribution in [0.5, 0.6) is 0 Å². The number of ether oxygens (including phenoxy) is 2. The van der Waals surface area contributed by atoms with Crippen molar-refractivity contribution in [3.05, 3.63) is 59.7 Å². The Kier molecular flexibility index (Phi) is 6.93. The highest BCUT2D eigenvalue weighted by Crippen LogP contribution is 2.44. The number of hydrogen-bond donors (Lipinski definition) is 3. The Hall–Kier alpha value is -3.39. The molecule has 3 N–H and O–H groups in total. The van der Waals surface area contributed by atoms with Gasteiger partial charge in [0.2, 0.25) is 0 Å². The Labute approximate surface area is 192 Å². The average Bonchev–Trinajstić information content (AvgIpc) is 3.40. The third-order valence-corrected chi connectivity index (χ3v) is 6.19. The van der Waals surface area contributed by atoms with E-state index in [1.54, 1.807) is 0 Å². The summed E-state index contributed by atoms with van der Waals surface area (Å²) in [6.07, 6.45) is -0.214. The minimum atomic E-state index is -1.09. The predicted octanol–water partition coefficient (Wildman–Crippen LogP) is 3.05. The van der Waals surface area contributed by atoms with E-state index in [1.165, 1.54) is 0 Å². The van der Waals surface area contributed by atoms with Gasteiger partial charge in [-0.2, -0.15) is 0 Å². The van der Waals surface area contributed by atoms with Gasteiger partial charge < -0.3 is 25.2 Å². The third kappa shape index (κ3) is 4.85. The number of fused-ring (bicyclic) bond motifs is 3. The third-order valence-electron chi connectivity index (χ3n) is 6.19. The molecule has 8 heteroatoms. The van der Waals surface area contributed by atoms with Gasteiger partial charge in [-0.3, -0.25) is 4.79 Å². The maximum atomic E-state index is 12.6. The lowest BCUT2D eigenvalue weighted by molar-refractivity contribution is -0.144. The molecule has 3 atom stereocenters. The van der Waals surface area contributed by atoms with Gasteiger partial charge in [-0.15, -0.1) is 0 Å². The maximum Gasteiger partial charge on any atom is 0.407 e. The number of nitrogens with one attached hydrogen (secondary N) is 2. The molecular weight excluding hydrogens is 424 g/mol. The van der Waals surface area contributed by atoms with Gasteiger partial charge in [-0.1, -0.05) is 61.9 Å². The molecule has 0 unspecified atom stereocenters. The number of rotatable bonds is 8. The fourth-order valence-corrected chi connectivity index (χ4v) is 4.59. The maximum absolute atomic E-state index is 12.6. The Balaban J connectivity index is 1.36. The van der Waals surface area contributed by atoms with E-state index in [-0.39, 0.29) is 19.1 Å². The highest BCUT2D eigenvalue weighted by molar-refractivity contribution is 5.87. The molecule has 2 aliphatic rings. The lowest BCUT2D eigenvalue weighted by Gasteiger charge is -2.22. The van der Waals surface area contributed by atoms with Crippen LogP contribution in [0.25, 0.3) is 11.1 Å². The number of hydrogen-bond acceptors (Lipinski definition) is 5. The van der Waals surface area contributed by atoms with Crippen LogP contribution in [-0.4, -0.2) is 54.5 Å². The molecule has 0 aromatic heterocycles. The quantitative estimate of drug-likeness (QED) is 0.567. The highest BCUT2D eigenvalue weighted by Gasteiger charge is 2.37. The monoisotopic (exact) mass is 452 g/mol. The molecule has 8 nitrogen and oxygen atoms in total. The van der Waals surface area contributed by atoms with E-state index in [0.717, 1.165) is 22.3 Å². The van der Waals surface area contributed by atoms with E-state index in [1.807, 2.05) is 43.3 Å². The van der Waals surface area contributed by atoms with Crippen LogP contribution in [0.1, 0.15) is 43.2 Å². The number of amides is 2. The molecule has 0 bridgehead atoms. The Morgan fingerprint density at radius 3 is 2.33 bits per heavy atom. The first-order valence-electron chi connectivity index (χ1n) is 11.3. The summed E-state index contributed by atoms with van der Waals surface area (Å²) in [5.74, 6) is -1.70. The summed E-state index contributed by atoms with van der Waals surface area (Å²) in [7, 11) is 0. The van der Waals surface area contributed by atoms with Gasteiger partial charge >= 0.3 is 12.1 Å². The van der Waals surface area contributed by atoms with Crippen molar-refractivity contribution in [2.45, 2.75) is 50.3 Å². The minimum Gasteiger partial charge on any atom is -0.480 e. The molecule has 2 aromatic rings. The Morgan fingerprint density at radius 1 is 1.09 bits per heavy atom. The van der Waals surface area contributed by atoms with Crippen LogP contribution in [-0.2, 0) is 19.1 Å². The number of alkyl carbamates (subject to hydrolysis) is 1. The number of carbonyl (C=O) groups excluding carboxylic acids is 2. The first-order valence-corrected chi connectivity index (χ1v) is 11.3. The molecule has 2 amide bonds. The summed E-state index contributed by atoms with van der Waals surface area (Å²) in [5.41, 5.74) is 4.51. The van der Waals surface area contributed by atoms with Crippen LogP contribution >= 0.6 is 0 Å². The molecule has 1 aliphatic carbocycles. The van der Waals surface area contributed by atoms with Crippen molar-refractivity contribution in [1.29, 1.82) is 0 Å². The number of carboxylic acid groups (broad SMARTS) is 1. The number of carboxylic acids is 1. The molecule has 0 radical (unpaired) electrons. The second-order valence-corrected chi connectivity index (χ2v) is 8.34. The molecule has 4 rings (SSSR count). The van der Waals surface area contributed by atoms with Gasteiger partial charge in [0, 0.05) is 12.5 Å². The lowest BCUT2D eigenvalue weighted by Crippen LogP contribution is -2.52.